The molecule has 2 aliphatic rings. The van der Waals surface area contributed by atoms with Crippen molar-refractivity contribution in [2.24, 2.45) is 5.41 Å². The first-order chi connectivity index (χ1) is 15.2. The number of hydrogen-bond acceptors (Lipinski definition) is 3. The second-order valence-electron chi connectivity index (χ2n) is 10.2. The molecular weight excluding hydrogens is 402 g/mol. The third-order valence-corrected chi connectivity index (χ3v) is 6.82. The number of nitrogens with one attached hydrogen (secondary N) is 1. The summed E-state index contributed by atoms with van der Waals surface area (Å²) in [7, 11) is 0. The predicted molar refractivity (Wildman–Crippen MR) is 128 cm³/mol. The zero-order chi connectivity index (χ0) is 23.5. The molecular formula is C26H39N3O3. The normalized spacial score (nSPS) is 18.4. The van der Waals surface area contributed by atoms with Crippen molar-refractivity contribution < 1.29 is 14.4 Å². The van der Waals surface area contributed by atoms with Gasteiger partial charge in [0.15, 0.2) is 0 Å². The Balaban J connectivity index is 1.90. The fourth-order valence-electron chi connectivity index (χ4n) is 5.11. The molecule has 1 saturated carbocycles. The van der Waals surface area contributed by atoms with Crippen molar-refractivity contribution >= 4 is 23.4 Å². The Bertz CT molecular complexity index is 856. The fourth-order valence-corrected chi connectivity index (χ4v) is 5.11. The lowest BCUT2D eigenvalue weighted by atomic mass is 9.80. The number of fused-ring (bicyclic) bond motifs is 1. The number of hydrogen-bond donors (Lipinski definition) is 1. The molecule has 0 saturated heterocycles. The molecule has 3 amide bonds. The van der Waals surface area contributed by atoms with E-state index >= 15 is 0 Å². The molecule has 1 aromatic carbocycles. The molecule has 6 heteroatoms. The van der Waals surface area contributed by atoms with Crippen molar-refractivity contribution in [3.63, 3.8) is 0 Å². The predicted octanol–water partition coefficient (Wildman–Crippen LogP) is 4.31. The first-order valence-corrected chi connectivity index (χ1v) is 12.2. The largest absolute Gasteiger partial charge is 0.354 e. The van der Waals surface area contributed by atoms with Crippen LogP contribution in [0, 0.1) is 5.41 Å². The van der Waals surface area contributed by atoms with Crippen molar-refractivity contribution in [2.45, 2.75) is 91.6 Å². The van der Waals surface area contributed by atoms with E-state index in [1.54, 1.807) is 4.90 Å². The highest BCUT2D eigenvalue weighted by molar-refractivity contribution is 6.02. The van der Waals surface area contributed by atoms with Gasteiger partial charge in [0.25, 0.3) is 5.91 Å². The van der Waals surface area contributed by atoms with E-state index in [0.29, 0.717) is 31.5 Å². The lowest BCUT2D eigenvalue weighted by Crippen LogP contribution is -2.49. The standard InChI is InChI=1S/C26H39N3O3/c1-6-23(30)27-14-15-28-22-16-19(12-13-20(22)17-26(4,5)25(28)32)24(31)29(18(2)3)21-10-8-7-9-11-21/h12-13,16,18,21H,6-11,14-15,17H2,1-5H3,(H,27,30). The lowest BCUT2D eigenvalue weighted by molar-refractivity contribution is -0.127. The molecule has 0 spiro atoms. The first kappa shape index (κ1) is 24.3. The summed E-state index contributed by atoms with van der Waals surface area (Å²) in [5.74, 6) is 0.0532. The van der Waals surface area contributed by atoms with Gasteiger partial charge in [-0.25, -0.2) is 0 Å². The summed E-state index contributed by atoms with van der Waals surface area (Å²) in [6.07, 6.45) is 6.77. The molecule has 0 unspecified atom stereocenters. The minimum absolute atomic E-state index is 0.0297. The number of carbonyl (C=O) groups excluding carboxylic acids is 3. The van der Waals surface area contributed by atoms with Gasteiger partial charge in [0, 0.05) is 48.3 Å². The van der Waals surface area contributed by atoms with Crippen molar-refractivity contribution in [2.75, 3.05) is 18.0 Å². The molecule has 6 nitrogen and oxygen atoms in total. The van der Waals surface area contributed by atoms with Crippen LogP contribution in [0.2, 0.25) is 0 Å². The number of rotatable bonds is 7. The Labute approximate surface area is 192 Å². The number of benzene rings is 1. The maximum Gasteiger partial charge on any atom is 0.254 e. The SMILES string of the molecule is CCC(=O)NCCN1C(=O)C(C)(C)Cc2ccc(C(=O)N(C(C)C)C3CCCCC3)cc21. The molecule has 1 aliphatic heterocycles. The van der Waals surface area contributed by atoms with E-state index in [1.165, 1.54) is 19.3 Å². The van der Waals surface area contributed by atoms with E-state index in [0.717, 1.165) is 24.1 Å². The van der Waals surface area contributed by atoms with E-state index in [1.807, 2.05) is 43.9 Å². The average Bonchev–Trinajstić information content (AvgIpc) is 2.76. The molecule has 1 heterocycles. The molecule has 0 bridgehead atoms. The van der Waals surface area contributed by atoms with E-state index in [9.17, 15) is 14.4 Å². The third kappa shape index (κ3) is 5.16. The van der Waals surface area contributed by atoms with Gasteiger partial charge in [0.2, 0.25) is 11.8 Å². The van der Waals surface area contributed by atoms with Crippen LogP contribution < -0.4 is 10.2 Å². The minimum atomic E-state index is -0.515. The van der Waals surface area contributed by atoms with Crippen LogP contribution in [-0.4, -0.2) is 47.8 Å². The highest BCUT2D eigenvalue weighted by Gasteiger charge is 2.39. The molecule has 0 aromatic heterocycles. The molecule has 1 aromatic rings. The topological polar surface area (TPSA) is 69.7 Å². The summed E-state index contributed by atoms with van der Waals surface area (Å²) in [4.78, 5) is 42.3. The molecule has 0 atom stereocenters. The number of anilines is 1. The van der Waals surface area contributed by atoms with Crippen molar-refractivity contribution in [3.8, 4) is 0 Å². The Morgan fingerprint density at radius 3 is 2.50 bits per heavy atom. The molecule has 0 radical (unpaired) electrons. The molecule has 1 fully saturated rings. The van der Waals surface area contributed by atoms with Crippen molar-refractivity contribution in [1.29, 1.82) is 0 Å². The van der Waals surface area contributed by atoms with Crippen LogP contribution in [0.4, 0.5) is 5.69 Å². The van der Waals surface area contributed by atoms with Gasteiger partial charge >= 0.3 is 0 Å². The summed E-state index contributed by atoms with van der Waals surface area (Å²) < 4.78 is 0. The van der Waals surface area contributed by atoms with Crippen LogP contribution in [0.15, 0.2) is 18.2 Å². The number of amides is 3. The second kappa shape index (κ2) is 10.1. The van der Waals surface area contributed by atoms with Gasteiger partial charge in [-0.15, -0.1) is 0 Å². The van der Waals surface area contributed by atoms with Crippen molar-refractivity contribution in [3.05, 3.63) is 29.3 Å². The number of carbonyl (C=O) groups is 3. The number of nitrogens with zero attached hydrogens (tertiary/aromatic N) is 2. The van der Waals surface area contributed by atoms with Crippen LogP contribution in [-0.2, 0) is 16.0 Å². The first-order valence-electron chi connectivity index (χ1n) is 12.2. The Morgan fingerprint density at radius 1 is 1.19 bits per heavy atom. The zero-order valence-corrected chi connectivity index (χ0v) is 20.4. The molecule has 1 N–H and O–H groups in total. The highest BCUT2D eigenvalue weighted by atomic mass is 16.2. The summed E-state index contributed by atoms with van der Waals surface area (Å²) in [6.45, 7) is 10.7. The minimum Gasteiger partial charge on any atom is -0.354 e. The van der Waals surface area contributed by atoms with Gasteiger partial charge in [0.1, 0.15) is 0 Å². The van der Waals surface area contributed by atoms with Crippen molar-refractivity contribution in [1.82, 2.24) is 10.2 Å². The second-order valence-corrected chi connectivity index (χ2v) is 10.2. The quantitative estimate of drug-likeness (QED) is 0.685. The smallest absolute Gasteiger partial charge is 0.254 e. The molecule has 3 rings (SSSR count). The van der Waals surface area contributed by atoms with Crippen LogP contribution in [0.1, 0.15) is 89.1 Å². The van der Waals surface area contributed by atoms with E-state index in [-0.39, 0.29) is 29.8 Å². The van der Waals surface area contributed by atoms with Crippen LogP contribution >= 0.6 is 0 Å². The van der Waals surface area contributed by atoms with Crippen LogP contribution in [0.3, 0.4) is 0 Å². The highest BCUT2D eigenvalue weighted by Crippen LogP contribution is 2.38. The van der Waals surface area contributed by atoms with E-state index in [2.05, 4.69) is 19.2 Å². The van der Waals surface area contributed by atoms with Gasteiger partial charge in [-0.3, -0.25) is 14.4 Å². The Kier molecular flexibility index (Phi) is 7.63. The molecule has 32 heavy (non-hydrogen) atoms. The van der Waals surface area contributed by atoms with Gasteiger partial charge in [-0.05, 0) is 50.8 Å². The zero-order valence-electron chi connectivity index (χ0n) is 20.4. The summed E-state index contributed by atoms with van der Waals surface area (Å²) in [6, 6.07) is 6.23. The Morgan fingerprint density at radius 2 is 1.88 bits per heavy atom. The average molecular weight is 442 g/mol. The summed E-state index contributed by atoms with van der Waals surface area (Å²) >= 11 is 0. The lowest BCUT2D eigenvalue weighted by Gasteiger charge is -2.40. The maximum absolute atomic E-state index is 13.6. The van der Waals surface area contributed by atoms with Gasteiger partial charge in [-0.2, -0.15) is 0 Å². The maximum atomic E-state index is 13.6. The van der Waals surface area contributed by atoms with Gasteiger partial charge in [0.05, 0.1) is 0 Å². The molecule has 176 valence electrons. The Hall–Kier alpha value is -2.37. The molecule has 1 aliphatic carbocycles. The van der Waals surface area contributed by atoms with E-state index in [4.69, 9.17) is 0 Å². The van der Waals surface area contributed by atoms with Gasteiger partial charge < -0.3 is 15.1 Å². The van der Waals surface area contributed by atoms with Crippen LogP contribution in [0.5, 0.6) is 0 Å². The monoisotopic (exact) mass is 441 g/mol. The van der Waals surface area contributed by atoms with Crippen LogP contribution in [0.25, 0.3) is 0 Å². The fraction of sp³-hybridized carbons (Fsp3) is 0.654. The third-order valence-electron chi connectivity index (χ3n) is 6.82. The summed E-state index contributed by atoms with van der Waals surface area (Å²) in [5, 5.41) is 2.86. The van der Waals surface area contributed by atoms with Gasteiger partial charge in [-0.1, -0.05) is 46.1 Å². The summed E-state index contributed by atoms with van der Waals surface area (Å²) in [5.41, 5.74) is 2.00. The van der Waals surface area contributed by atoms with E-state index < -0.39 is 5.41 Å².